The standard InChI is InChI=1S/C24H29ClN4O4/c1-23(2)12-17(13-24(3,4)28(23)5)33-22(31)14-32-16-7-9-20(21(30)11-16)29-26-18-8-6-15(25)10-19(18)27-29/h6-11,17,30H,12-14H2,1-5H3. The van der Waals surface area contributed by atoms with Gasteiger partial charge in [-0.05, 0) is 65.1 Å². The number of hydrogen-bond donors (Lipinski definition) is 1. The highest BCUT2D eigenvalue weighted by molar-refractivity contribution is 6.31. The number of fused-ring (bicyclic) bond motifs is 1. The number of esters is 1. The lowest BCUT2D eigenvalue weighted by Gasteiger charge is -2.53. The van der Waals surface area contributed by atoms with Gasteiger partial charge in [-0.25, -0.2) is 4.79 Å². The molecule has 0 radical (unpaired) electrons. The molecule has 0 unspecified atom stereocenters. The number of rotatable bonds is 5. The first-order chi connectivity index (χ1) is 15.4. The van der Waals surface area contributed by atoms with E-state index in [1.807, 2.05) is 0 Å². The fraction of sp³-hybridized carbons (Fsp3) is 0.458. The summed E-state index contributed by atoms with van der Waals surface area (Å²) < 4.78 is 11.3. The first kappa shape index (κ1) is 23.3. The van der Waals surface area contributed by atoms with Gasteiger partial charge in [0.1, 0.15) is 34.3 Å². The summed E-state index contributed by atoms with van der Waals surface area (Å²) in [7, 11) is 2.10. The van der Waals surface area contributed by atoms with Gasteiger partial charge in [-0.1, -0.05) is 11.6 Å². The Balaban J connectivity index is 1.39. The van der Waals surface area contributed by atoms with E-state index in [2.05, 4.69) is 49.8 Å². The number of piperidine rings is 1. The first-order valence-electron chi connectivity index (χ1n) is 10.9. The van der Waals surface area contributed by atoms with Gasteiger partial charge in [0.15, 0.2) is 6.61 Å². The van der Waals surface area contributed by atoms with Crippen LogP contribution in [-0.4, -0.2) is 61.8 Å². The van der Waals surface area contributed by atoms with E-state index in [1.54, 1.807) is 30.3 Å². The maximum atomic E-state index is 12.4. The predicted molar refractivity (Wildman–Crippen MR) is 126 cm³/mol. The Morgan fingerprint density at radius 1 is 1.09 bits per heavy atom. The number of phenolic OH excluding ortho intramolecular Hbond substituents is 1. The van der Waals surface area contributed by atoms with E-state index in [0.717, 1.165) is 12.8 Å². The molecule has 1 aliphatic rings. The minimum atomic E-state index is -0.434. The molecular formula is C24H29ClN4O4. The van der Waals surface area contributed by atoms with Gasteiger partial charge in [-0.3, -0.25) is 4.90 Å². The number of likely N-dealkylation sites (tertiary alicyclic amines) is 1. The molecule has 9 heteroatoms. The van der Waals surface area contributed by atoms with Crippen LogP contribution in [0.1, 0.15) is 40.5 Å². The zero-order valence-corrected chi connectivity index (χ0v) is 20.3. The molecule has 1 fully saturated rings. The van der Waals surface area contributed by atoms with Gasteiger partial charge in [-0.15, -0.1) is 15.0 Å². The number of halogens is 1. The quantitative estimate of drug-likeness (QED) is 0.552. The lowest BCUT2D eigenvalue weighted by Crippen LogP contribution is -2.60. The summed E-state index contributed by atoms with van der Waals surface area (Å²) in [6, 6.07) is 9.88. The molecule has 4 rings (SSSR count). The molecule has 1 saturated heterocycles. The molecule has 0 atom stereocenters. The van der Waals surface area contributed by atoms with Crippen molar-refractivity contribution in [1.29, 1.82) is 0 Å². The van der Waals surface area contributed by atoms with Crippen LogP contribution in [-0.2, 0) is 9.53 Å². The van der Waals surface area contributed by atoms with Crippen molar-refractivity contribution in [3.63, 3.8) is 0 Å². The molecule has 3 aromatic rings. The summed E-state index contributed by atoms with van der Waals surface area (Å²) in [6.07, 6.45) is 1.33. The van der Waals surface area contributed by atoms with Crippen LogP contribution in [0.5, 0.6) is 11.5 Å². The van der Waals surface area contributed by atoms with Crippen LogP contribution in [0.25, 0.3) is 16.7 Å². The Labute approximate surface area is 198 Å². The maximum Gasteiger partial charge on any atom is 0.344 e. The van der Waals surface area contributed by atoms with Crippen molar-refractivity contribution in [3.8, 4) is 17.2 Å². The summed E-state index contributed by atoms with van der Waals surface area (Å²) in [4.78, 5) is 16.1. The van der Waals surface area contributed by atoms with Crippen LogP contribution in [0.2, 0.25) is 5.02 Å². The highest BCUT2D eigenvalue weighted by Gasteiger charge is 2.44. The van der Waals surface area contributed by atoms with Crippen molar-refractivity contribution in [2.75, 3.05) is 13.7 Å². The summed E-state index contributed by atoms with van der Waals surface area (Å²) >= 11 is 6.00. The number of nitrogens with zero attached hydrogens (tertiary/aromatic N) is 4. The average Bonchev–Trinajstić information content (AvgIpc) is 3.13. The summed E-state index contributed by atoms with van der Waals surface area (Å²) in [5.41, 5.74) is 1.50. The molecular weight excluding hydrogens is 444 g/mol. The number of carbonyl (C=O) groups excluding carboxylic acids is 1. The van der Waals surface area contributed by atoms with Gasteiger partial charge in [0.2, 0.25) is 0 Å². The van der Waals surface area contributed by atoms with Gasteiger partial charge < -0.3 is 14.6 Å². The van der Waals surface area contributed by atoms with E-state index in [4.69, 9.17) is 21.1 Å². The number of benzene rings is 2. The van der Waals surface area contributed by atoms with Crippen LogP contribution >= 0.6 is 11.6 Å². The third-order valence-corrected chi connectivity index (χ3v) is 6.67. The largest absolute Gasteiger partial charge is 0.505 e. The summed E-state index contributed by atoms with van der Waals surface area (Å²) in [5, 5.41) is 19.7. The predicted octanol–water partition coefficient (Wildman–Crippen LogP) is 4.35. The van der Waals surface area contributed by atoms with Crippen molar-refractivity contribution in [2.45, 2.75) is 57.7 Å². The van der Waals surface area contributed by atoms with E-state index in [9.17, 15) is 9.90 Å². The van der Waals surface area contributed by atoms with Crippen molar-refractivity contribution >= 4 is 28.6 Å². The van der Waals surface area contributed by atoms with Gasteiger partial charge in [0, 0.05) is 35.0 Å². The van der Waals surface area contributed by atoms with E-state index in [0.29, 0.717) is 27.5 Å². The molecule has 33 heavy (non-hydrogen) atoms. The number of carbonyl (C=O) groups is 1. The second-order valence-electron chi connectivity index (χ2n) is 9.77. The maximum absolute atomic E-state index is 12.4. The number of aromatic hydroxyl groups is 1. The number of phenols is 1. The molecule has 1 N–H and O–H groups in total. The van der Waals surface area contributed by atoms with Gasteiger partial charge in [0.25, 0.3) is 0 Å². The zero-order valence-electron chi connectivity index (χ0n) is 19.5. The van der Waals surface area contributed by atoms with Crippen LogP contribution in [0.3, 0.4) is 0 Å². The average molecular weight is 473 g/mol. The third-order valence-electron chi connectivity index (χ3n) is 6.43. The molecule has 0 amide bonds. The molecule has 0 spiro atoms. The zero-order chi connectivity index (χ0) is 24.0. The fourth-order valence-electron chi connectivity index (χ4n) is 4.48. The van der Waals surface area contributed by atoms with E-state index >= 15 is 0 Å². The number of aromatic nitrogens is 3. The molecule has 0 bridgehead atoms. The summed E-state index contributed by atoms with van der Waals surface area (Å²) in [5.74, 6) is -0.167. The lowest BCUT2D eigenvalue weighted by atomic mass is 9.79. The Hall–Kier alpha value is -2.84. The Morgan fingerprint density at radius 2 is 1.76 bits per heavy atom. The Morgan fingerprint density at radius 3 is 2.42 bits per heavy atom. The van der Waals surface area contributed by atoms with Crippen molar-refractivity contribution < 1.29 is 19.4 Å². The molecule has 0 aliphatic carbocycles. The minimum absolute atomic E-state index is 0.0775. The van der Waals surface area contributed by atoms with Gasteiger partial charge in [-0.2, -0.15) is 0 Å². The topological polar surface area (TPSA) is 89.7 Å². The highest BCUT2D eigenvalue weighted by atomic mass is 35.5. The molecule has 1 aromatic heterocycles. The third kappa shape index (κ3) is 4.91. The lowest BCUT2D eigenvalue weighted by molar-refractivity contribution is -0.161. The van der Waals surface area contributed by atoms with Crippen molar-refractivity contribution in [2.24, 2.45) is 0 Å². The second kappa shape index (κ2) is 8.50. The van der Waals surface area contributed by atoms with Crippen LogP contribution in [0.15, 0.2) is 36.4 Å². The second-order valence-corrected chi connectivity index (χ2v) is 10.2. The van der Waals surface area contributed by atoms with Crippen molar-refractivity contribution in [3.05, 3.63) is 41.4 Å². The fourth-order valence-corrected chi connectivity index (χ4v) is 4.65. The molecule has 8 nitrogen and oxygen atoms in total. The van der Waals surface area contributed by atoms with Crippen LogP contribution in [0, 0.1) is 0 Å². The van der Waals surface area contributed by atoms with E-state index in [1.165, 1.54) is 10.9 Å². The molecule has 2 heterocycles. The van der Waals surface area contributed by atoms with Crippen LogP contribution < -0.4 is 4.74 Å². The summed E-state index contributed by atoms with van der Waals surface area (Å²) in [6.45, 7) is 8.38. The van der Waals surface area contributed by atoms with E-state index in [-0.39, 0.29) is 29.5 Å². The Bertz CT molecular complexity index is 1170. The van der Waals surface area contributed by atoms with Gasteiger partial charge in [0.05, 0.1) is 0 Å². The Kier molecular flexibility index (Phi) is 6.01. The van der Waals surface area contributed by atoms with Crippen LogP contribution in [0.4, 0.5) is 0 Å². The number of ether oxygens (including phenoxy) is 2. The van der Waals surface area contributed by atoms with E-state index < -0.39 is 5.97 Å². The van der Waals surface area contributed by atoms with Crippen molar-refractivity contribution in [1.82, 2.24) is 19.9 Å². The minimum Gasteiger partial charge on any atom is -0.505 e. The normalized spacial score (nSPS) is 18.4. The molecule has 176 valence electrons. The monoisotopic (exact) mass is 472 g/mol. The molecule has 2 aromatic carbocycles. The highest BCUT2D eigenvalue weighted by Crippen LogP contribution is 2.38. The molecule has 1 aliphatic heterocycles. The SMILES string of the molecule is CN1C(C)(C)CC(OC(=O)COc2ccc(-n3nc4ccc(Cl)cc4n3)c(O)c2)CC1(C)C. The van der Waals surface area contributed by atoms with Gasteiger partial charge >= 0.3 is 5.97 Å². The molecule has 0 saturated carbocycles. The smallest absolute Gasteiger partial charge is 0.344 e. The first-order valence-corrected chi connectivity index (χ1v) is 11.2. The number of hydrogen-bond acceptors (Lipinski definition) is 7.